The Hall–Kier alpha value is -0.710. The van der Waals surface area contributed by atoms with Crippen LogP contribution in [0.5, 0.6) is 0 Å². The van der Waals surface area contributed by atoms with Crippen molar-refractivity contribution in [2.75, 3.05) is 6.61 Å². The van der Waals surface area contributed by atoms with Crippen molar-refractivity contribution in [1.82, 2.24) is 0 Å². The van der Waals surface area contributed by atoms with Crippen molar-refractivity contribution in [1.29, 1.82) is 0 Å². The minimum absolute atomic E-state index is 0.101. The second-order valence-corrected chi connectivity index (χ2v) is 11.9. The van der Waals surface area contributed by atoms with E-state index in [0.29, 0.717) is 37.5 Å². The van der Waals surface area contributed by atoms with E-state index in [1.807, 2.05) is 13.0 Å². The van der Waals surface area contributed by atoms with Gasteiger partial charge < -0.3 is 15.3 Å². The summed E-state index contributed by atoms with van der Waals surface area (Å²) in [6.45, 7) is 11.3. The number of aliphatic hydroxyl groups is 3. The number of carbonyl (C=O) groups excluding carboxylic acids is 1. The van der Waals surface area contributed by atoms with Gasteiger partial charge in [-0.2, -0.15) is 0 Å². The Morgan fingerprint density at radius 2 is 1.81 bits per heavy atom. The van der Waals surface area contributed by atoms with E-state index in [1.165, 1.54) is 19.3 Å². The van der Waals surface area contributed by atoms with E-state index >= 15 is 0 Å². The van der Waals surface area contributed by atoms with Crippen LogP contribution in [0.2, 0.25) is 0 Å². The molecule has 0 saturated heterocycles. The minimum atomic E-state index is -0.673. The number of hydrogen-bond donors (Lipinski definition) is 3. The largest absolute Gasteiger partial charge is 0.396 e. The summed E-state index contributed by atoms with van der Waals surface area (Å²) >= 11 is 0. The van der Waals surface area contributed by atoms with Crippen LogP contribution in [0.15, 0.2) is 11.6 Å². The van der Waals surface area contributed by atoms with Gasteiger partial charge in [-0.05, 0) is 79.3 Å². The Morgan fingerprint density at radius 3 is 2.45 bits per heavy atom. The van der Waals surface area contributed by atoms with Crippen LogP contribution in [0.4, 0.5) is 0 Å². The summed E-state index contributed by atoms with van der Waals surface area (Å²) in [5.74, 6) is 1.88. The Kier molecular flexibility index (Phi) is 7.76. The zero-order chi connectivity index (χ0) is 23.0. The fourth-order valence-electron chi connectivity index (χ4n) is 7.46. The molecule has 0 aromatic rings. The number of allylic oxidation sites excluding steroid dienone is 1. The average Bonchev–Trinajstić information content (AvgIpc) is 3.03. The third kappa shape index (κ3) is 4.68. The van der Waals surface area contributed by atoms with Gasteiger partial charge in [0, 0.05) is 17.9 Å². The second kappa shape index (κ2) is 9.65. The molecule has 3 rings (SSSR count). The molecule has 0 heterocycles. The number of Topliss-reactive ketones (excluding diaryl/α,β-unsaturated/α-hetero) is 1. The van der Waals surface area contributed by atoms with Crippen LogP contribution < -0.4 is 0 Å². The van der Waals surface area contributed by atoms with Gasteiger partial charge in [0.25, 0.3) is 0 Å². The molecular weight excluding hydrogens is 388 g/mol. The first-order valence-electron chi connectivity index (χ1n) is 12.8. The molecule has 0 spiro atoms. The van der Waals surface area contributed by atoms with Gasteiger partial charge in [-0.15, -0.1) is 0 Å². The SMILES string of the molecule is CC(C)CCC[C@@H](C)[C@H]1CC[C@@H](C2=C[C@@H](O)[C@H]3C[C@@H](O)CC[C@]3(C)C2=O)[C@]1(C)CCO. The molecule has 2 saturated carbocycles. The lowest BCUT2D eigenvalue weighted by Gasteiger charge is -2.49. The second-order valence-electron chi connectivity index (χ2n) is 11.9. The van der Waals surface area contributed by atoms with E-state index < -0.39 is 17.6 Å². The van der Waals surface area contributed by atoms with Crippen molar-refractivity contribution >= 4 is 5.78 Å². The van der Waals surface area contributed by atoms with Gasteiger partial charge in [0.15, 0.2) is 5.78 Å². The third-order valence-corrected chi connectivity index (χ3v) is 9.45. The van der Waals surface area contributed by atoms with Gasteiger partial charge in [-0.1, -0.05) is 53.9 Å². The van der Waals surface area contributed by atoms with Crippen molar-refractivity contribution in [3.8, 4) is 0 Å². The molecule has 3 N–H and O–H groups in total. The van der Waals surface area contributed by atoms with Gasteiger partial charge >= 0.3 is 0 Å². The van der Waals surface area contributed by atoms with E-state index in [0.717, 1.165) is 24.3 Å². The predicted octanol–water partition coefficient (Wildman–Crippen LogP) is 4.90. The summed E-state index contributed by atoms with van der Waals surface area (Å²) in [5.41, 5.74) is 0.115. The number of carbonyl (C=O) groups is 1. The molecule has 4 heteroatoms. The summed E-state index contributed by atoms with van der Waals surface area (Å²) in [4.78, 5) is 13.8. The van der Waals surface area contributed by atoms with Crippen molar-refractivity contribution in [3.63, 3.8) is 0 Å². The topological polar surface area (TPSA) is 77.8 Å². The van der Waals surface area contributed by atoms with Crippen molar-refractivity contribution in [3.05, 3.63) is 11.6 Å². The van der Waals surface area contributed by atoms with Crippen LogP contribution in [-0.4, -0.2) is 39.9 Å². The lowest BCUT2D eigenvalue weighted by atomic mass is 9.55. The Balaban J connectivity index is 1.85. The van der Waals surface area contributed by atoms with Crippen molar-refractivity contribution in [2.24, 2.45) is 40.4 Å². The quantitative estimate of drug-likeness (QED) is 0.508. The number of hydrogen-bond acceptors (Lipinski definition) is 4. The molecule has 4 nitrogen and oxygen atoms in total. The molecule has 0 radical (unpaired) electrons. The molecule has 0 aromatic heterocycles. The molecule has 2 fully saturated rings. The highest BCUT2D eigenvalue weighted by Crippen LogP contribution is 2.59. The van der Waals surface area contributed by atoms with Crippen LogP contribution in [0.1, 0.15) is 92.4 Å². The van der Waals surface area contributed by atoms with Crippen LogP contribution in [0.25, 0.3) is 0 Å². The minimum Gasteiger partial charge on any atom is -0.396 e. The summed E-state index contributed by atoms with van der Waals surface area (Å²) in [5, 5.41) is 31.1. The maximum Gasteiger partial charge on any atom is 0.165 e. The Labute approximate surface area is 189 Å². The van der Waals surface area contributed by atoms with Gasteiger partial charge in [-0.25, -0.2) is 0 Å². The molecule has 31 heavy (non-hydrogen) atoms. The lowest BCUT2D eigenvalue weighted by Crippen LogP contribution is -2.52. The van der Waals surface area contributed by atoms with Crippen LogP contribution in [0.3, 0.4) is 0 Å². The zero-order valence-corrected chi connectivity index (χ0v) is 20.4. The Bertz CT molecular complexity index is 670. The molecule has 0 unspecified atom stereocenters. The highest BCUT2D eigenvalue weighted by Gasteiger charge is 2.56. The zero-order valence-electron chi connectivity index (χ0n) is 20.4. The first-order chi connectivity index (χ1) is 14.5. The predicted molar refractivity (Wildman–Crippen MR) is 124 cm³/mol. The highest BCUT2D eigenvalue weighted by atomic mass is 16.3. The Morgan fingerprint density at radius 1 is 1.10 bits per heavy atom. The van der Waals surface area contributed by atoms with Gasteiger partial charge in [0.1, 0.15) is 0 Å². The van der Waals surface area contributed by atoms with E-state index in [4.69, 9.17) is 0 Å². The van der Waals surface area contributed by atoms with E-state index in [9.17, 15) is 20.1 Å². The summed E-state index contributed by atoms with van der Waals surface area (Å²) in [6, 6.07) is 0. The molecule has 178 valence electrons. The van der Waals surface area contributed by atoms with Crippen LogP contribution in [-0.2, 0) is 4.79 Å². The first-order valence-corrected chi connectivity index (χ1v) is 12.8. The number of rotatable bonds is 8. The van der Waals surface area contributed by atoms with Crippen LogP contribution in [0, 0.1) is 40.4 Å². The normalized spacial score (nSPS) is 41.9. The molecule has 0 amide bonds. The number of aliphatic hydroxyl groups excluding tert-OH is 3. The average molecular weight is 435 g/mol. The molecule has 0 bridgehead atoms. The summed E-state index contributed by atoms with van der Waals surface area (Å²) in [6.07, 6.45) is 8.95. The van der Waals surface area contributed by atoms with Crippen molar-refractivity contribution < 1.29 is 20.1 Å². The lowest BCUT2D eigenvalue weighted by molar-refractivity contribution is -0.138. The maximum absolute atomic E-state index is 13.8. The van der Waals surface area contributed by atoms with E-state index in [-0.39, 0.29) is 29.6 Å². The molecule has 3 aliphatic carbocycles. The standard InChI is InChI=1S/C27H46O4/c1-17(2)7-6-8-18(3)21-9-10-22(26(21,4)13-14-28)20-16-24(30)23-15-19(29)11-12-27(23,5)25(20)31/h16-19,21-24,28-30H,6-15H2,1-5H3/t18-,19+,21-,22+,23-,24-,26-,27+/m1/s1. The molecule has 0 aromatic carbocycles. The smallest absolute Gasteiger partial charge is 0.165 e. The monoisotopic (exact) mass is 434 g/mol. The highest BCUT2D eigenvalue weighted by molar-refractivity contribution is 6.01. The van der Waals surface area contributed by atoms with Gasteiger partial charge in [-0.3, -0.25) is 4.79 Å². The number of fused-ring (bicyclic) bond motifs is 1. The molecular formula is C27H46O4. The first kappa shape index (κ1) is 24.9. The van der Waals surface area contributed by atoms with Gasteiger partial charge in [0.05, 0.1) is 12.2 Å². The molecule has 3 aliphatic rings. The third-order valence-electron chi connectivity index (χ3n) is 9.45. The van der Waals surface area contributed by atoms with E-state index in [2.05, 4.69) is 27.7 Å². The van der Waals surface area contributed by atoms with Crippen LogP contribution >= 0.6 is 0 Å². The van der Waals surface area contributed by atoms with E-state index in [1.54, 1.807) is 0 Å². The molecule has 0 aliphatic heterocycles. The number of ketones is 1. The summed E-state index contributed by atoms with van der Waals surface area (Å²) < 4.78 is 0. The maximum atomic E-state index is 13.8. The fraction of sp³-hybridized carbons (Fsp3) is 0.889. The summed E-state index contributed by atoms with van der Waals surface area (Å²) in [7, 11) is 0. The fourth-order valence-corrected chi connectivity index (χ4v) is 7.46. The molecule has 8 atom stereocenters. The van der Waals surface area contributed by atoms with Gasteiger partial charge in [0.2, 0.25) is 0 Å². The van der Waals surface area contributed by atoms with Crippen molar-refractivity contribution in [2.45, 2.75) is 105 Å².